The highest BCUT2D eigenvalue weighted by molar-refractivity contribution is 5.55. The summed E-state index contributed by atoms with van der Waals surface area (Å²) >= 11 is 0. The number of nitrogens with zero attached hydrogens (tertiary/aromatic N) is 4. The van der Waals surface area contributed by atoms with Crippen LogP contribution in [0, 0.1) is 11.6 Å². The number of hydrogen-bond donors (Lipinski definition) is 1. The maximum atomic E-state index is 13.4. The Morgan fingerprint density at radius 1 is 1.00 bits per heavy atom. The summed E-state index contributed by atoms with van der Waals surface area (Å²) in [6.07, 6.45) is 3.14. The van der Waals surface area contributed by atoms with E-state index in [0.29, 0.717) is 30.5 Å². The van der Waals surface area contributed by atoms with E-state index in [1.165, 1.54) is 18.5 Å². The third-order valence-electron chi connectivity index (χ3n) is 4.05. The predicted octanol–water partition coefficient (Wildman–Crippen LogP) is 3.13. The Kier molecular flexibility index (Phi) is 4.49. The van der Waals surface area contributed by atoms with E-state index in [2.05, 4.69) is 20.2 Å². The molecular weight excluding hydrogens is 340 g/mol. The summed E-state index contributed by atoms with van der Waals surface area (Å²) in [5.41, 5.74) is 0.359. The third-order valence-corrected chi connectivity index (χ3v) is 4.05. The van der Waals surface area contributed by atoms with Crippen LogP contribution in [0.25, 0.3) is 5.69 Å². The molecule has 0 saturated carbocycles. The average molecular weight is 357 g/mol. The van der Waals surface area contributed by atoms with Crippen molar-refractivity contribution in [1.82, 2.24) is 14.5 Å². The zero-order valence-electron chi connectivity index (χ0n) is 13.9. The van der Waals surface area contributed by atoms with Crippen LogP contribution in [0.2, 0.25) is 0 Å². The molecule has 2 aromatic heterocycles. The topological polar surface area (TPSA) is 55.2 Å². The SMILES string of the molecule is Fc1cc(F)cc(-n2cnc(Nc3cccc(N4CCOCC4)n3)c2)c1. The van der Waals surface area contributed by atoms with Crippen LogP contribution in [0.4, 0.5) is 26.2 Å². The summed E-state index contributed by atoms with van der Waals surface area (Å²) in [7, 11) is 0. The Bertz CT molecular complexity index is 888. The van der Waals surface area contributed by atoms with E-state index in [9.17, 15) is 8.78 Å². The Balaban J connectivity index is 1.52. The van der Waals surface area contributed by atoms with Crippen molar-refractivity contribution >= 4 is 17.5 Å². The fourth-order valence-corrected chi connectivity index (χ4v) is 2.81. The molecule has 6 nitrogen and oxygen atoms in total. The summed E-state index contributed by atoms with van der Waals surface area (Å²) in [4.78, 5) is 11.0. The van der Waals surface area contributed by atoms with Gasteiger partial charge in [-0.1, -0.05) is 6.07 Å². The van der Waals surface area contributed by atoms with E-state index in [0.717, 1.165) is 25.0 Å². The van der Waals surface area contributed by atoms with Crippen molar-refractivity contribution in [2.24, 2.45) is 0 Å². The second-order valence-electron chi connectivity index (χ2n) is 5.90. The molecule has 0 spiro atoms. The van der Waals surface area contributed by atoms with Crippen LogP contribution in [0.3, 0.4) is 0 Å². The highest BCUT2D eigenvalue weighted by Gasteiger charge is 2.13. The second kappa shape index (κ2) is 7.09. The molecule has 1 aliphatic rings. The molecule has 1 fully saturated rings. The van der Waals surface area contributed by atoms with Crippen molar-refractivity contribution in [2.45, 2.75) is 0 Å². The molecule has 0 atom stereocenters. The van der Waals surface area contributed by atoms with Crippen molar-refractivity contribution < 1.29 is 13.5 Å². The van der Waals surface area contributed by atoms with Gasteiger partial charge >= 0.3 is 0 Å². The van der Waals surface area contributed by atoms with Crippen LogP contribution in [0.5, 0.6) is 0 Å². The maximum Gasteiger partial charge on any atom is 0.150 e. The Morgan fingerprint density at radius 2 is 1.77 bits per heavy atom. The molecular formula is C18H17F2N5O. The van der Waals surface area contributed by atoms with Crippen LogP contribution in [-0.2, 0) is 4.74 Å². The van der Waals surface area contributed by atoms with Gasteiger partial charge in [-0.25, -0.2) is 18.7 Å². The number of hydrogen-bond acceptors (Lipinski definition) is 5. The molecule has 26 heavy (non-hydrogen) atoms. The lowest BCUT2D eigenvalue weighted by molar-refractivity contribution is 0.122. The molecule has 8 heteroatoms. The van der Waals surface area contributed by atoms with Crippen molar-refractivity contribution in [1.29, 1.82) is 0 Å². The first-order chi connectivity index (χ1) is 12.7. The minimum Gasteiger partial charge on any atom is -0.378 e. The van der Waals surface area contributed by atoms with Crippen LogP contribution in [0.15, 0.2) is 48.9 Å². The molecule has 4 rings (SSSR count). The Labute approximate surface area is 149 Å². The number of nitrogens with one attached hydrogen (secondary N) is 1. The van der Waals surface area contributed by atoms with Crippen LogP contribution < -0.4 is 10.2 Å². The number of rotatable bonds is 4. The number of benzene rings is 1. The quantitative estimate of drug-likeness (QED) is 0.778. The highest BCUT2D eigenvalue weighted by atomic mass is 19.1. The number of halogens is 2. The number of pyridine rings is 1. The number of anilines is 3. The fraction of sp³-hybridized carbons (Fsp3) is 0.222. The van der Waals surface area contributed by atoms with Gasteiger partial charge in [-0.2, -0.15) is 0 Å². The molecule has 3 heterocycles. The van der Waals surface area contributed by atoms with Crippen molar-refractivity contribution in [2.75, 3.05) is 36.5 Å². The summed E-state index contributed by atoms with van der Waals surface area (Å²) in [5, 5.41) is 3.11. The molecule has 1 saturated heterocycles. The van der Waals surface area contributed by atoms with Gasteiger partial charge in [0.05, 0.1) is 25.1 Å². The zero-order chi connectivity index (χ0) is 17.9. The summed E-state index contributed by atoms with van der Waals surface area (Å²) < 4.78 is 33.7. The molecule has 1 aromatic carbocycles. The minimum absolute atomic E-state index is 0.359. The van der Waals surface area contributed by atoms with Gasteiger partial charge in [-0.3, -0.25) is 0 Å². The number of imidazole rings is 1. The predicted molar refractivity (Wildman–Crippen MR) is 94.0 cm³/mol. The smallest absolute Gasteiger partial charge is 0.150 e. The molecule has 0 unspecified atom stereocenters. The van der Waals surface area contributed by atoms with Gasteiger partial charge in [-0.15, -0.1) is 0 Å². The van der Waals surface area contributed by atoms with Crippen molar-refractivity contribution in [3.8, 4) is 5.69 Å². The maximum absolute atomic E-state index is 13.4. The molecule has 1 N–H and O–H groups in total. The van der Waals surface area contributed by atoms with E-state index in [4.69, 9.17) is 4.74 Å². The van der Waals surface area contributed by atoms with Gasteiger partial charge in [0.1, 0.15) is 35.4 Å². The number of aromatic nitrogens is 3. The first-order valence-electron chi connectivity index (χ1n) is 8.25. The lowest BCUT2D eigenvalue weighted by atomic mass is 10.3. The summed E-state index contributed by atoms with van der Waals surface area (Å²) in [6, 6.07) is 9.02. The first kappa shape index (κ1) is 16.5. The number of morpholine rings is 1. The molecule has 134 valence electrons. The average Bonchev–Trinajstić information content (AvgIpc) is 3.10. The monoisotopic (exact) mass is 357 g/mol. The standard InChI is InChI=1S/C18H17F2N5O/c19-13-8-14(20)10-15(9-13)25-11-17(21-12-25)22-16-2-1-3-18(23-16)24-4-6-26-7-5-24/h1-3,8-12H,4-7H2,(H,22,23). The molecule has 0 amide bonds. The lowest BCUT2D eigenvalue weighted by Crippen LogP contribution is -2.36. The van der Waals surface area contributed by atoms with Crippen LogP contribution in [0.1, 0.15) is 0 Å². The van der Waals surface area contributed by atoms with Crippen molar-refractivity contribution in [3.05, 3.63) is 60.6 Å². The highest BCUT2D eigenvalue weighted by Crippen LogP contribution is 2.20. The van der Waals surface area contributed by atoms with Gasteiger partial charge < -0.3 is 19.5 Å². The molecule has 0 aliphatic carbocycles. The van der Waals surface area contributed by atoms with Gasteiger partial charge in [0, 0.05) is 19.2 Å². The zero-order valence-corrected chi connectivity index (χ0v) is 13.9. The van der Waals surface area contributed by atoms with Gasteiger partial charge in [0.15, 0.2) is 0 Å². The minimum atomic E-state index is -0.636. The molecule has 3 aromatic rings. The first-order valence-corrected chi connectivity index (χ1v) is 8.25. The third kappa shape index (κ3) is 3.65. The number of ether oxygens (including phenoxy) is 1. The van der Waals surface area contributed by atoms with Crippen LogP contribution in [-0.4, -0.2) is 40.8 Å². The van der Waals surface area contributed by atoms with Crippen molar-refractivity contribution in [3.63, 3.8) is 0 Å². The molecule has 1 aliphatic heterocycles. The van der Waals surface area contributed by atoms with E-state index in [-0.39, 0.29) is 0 Å². The fourth-order valence-electron chi connectivity index (χ4n) is 2.81. The van der Waals surface area contributed by atoms with Gasteiger partial charge in [0.2, 0.25) is 0 Å². The van der Waals surface area contributed by atoms with Crippen LogP contribution >= 0.6 is 0 Å². The Morgan fingerprint density at radius 3 is 2.54 bits per heavy atom. The summed E-state index contributed by atoms with van der Waals surface area (Å²) in [6.45, 7) is 2.98. The molecule has 0 bridgehead atoms. The lowest BCUT2D eigenvalue weighted by Gasteiger charge is -2.27. The van der Waals surface area contributed by atoms with Gasteiger partial charge in [-0.05, 0) is 24.3 Å². The van der Waals surface area contributed by atoms with Gasteiger partial charge in [0.25, 0.3) is 0 Å². The largest absolute Gasteiger partial charge is 0.378 e. The Hall–Kier alpha value is -3.00. The summed E-state index contributed by atoms with van der Waals surface area (Å²) in [5.74, 6) is 0.766. The van der Waals surface area contributed by atoms with E-state index < -0.39 is 11.6 Å². The van der Waals surface area contributed by atoms with E-state index in [1.807, 2.05) is 18.2 Å². The van der Waals surface area contributed by atoms with E-state index >= 15 is 0 Å². The molecule has 0 radical (unpaired) electrons. The van der Waals surface area contributed by atoms with E-state index in [1.54, 1.807) is 10.8 Å². The normalized spacial score (nSPS) is 14.5. The second-order valence-corrected chi connectivity index (χ2v) is 5.90.